The lowest BCUT2D eigenvalue weighted by molar-refractivity contribution is -0.384. The van der Waals surface area contributed by atoms with Crippen LogP contribution in [0.5, 0.6) is 0 Å². The number of nitrogens with zero attached hydrogens (tertiary/aromatic N) is 2. The molecule has 0 aliphatic rings. The second-order valence-corrected chi connectivity index (χ2v) is 7.11. The fourth-order valence-corrected chi connectivity index (χ4v) is 2.61. The van der Waals surface area contributed by atoms with Gasteiger partial charge in [-0.05, 0) is 20.8 Å². The van der Waals surface area contributed by atoms with E-state index in [2.05, 4.69) is 15.6 Å². The lowest BCUT2D eigenvalue weighted by atomic mass is 10.1. The molecule has 0 fully saturated rings. The smallest absolute Gasteiger partial charge is 0.408 e. The topological polar surface area (TPSA) is 123 Å². The maximum Gasteiger partial charge on any atom is 0.408 e. The Bertz CT molecular complexity index is 828. The largest absolute Gasteiger partial charge is 0.444 e. The Morgan fingerprint density at radius 2 is 2.08 bits per heavy atom. The number of anilines is 1. The summed E-state index contributed by atoms with van der Waals surface area (Å²) in [7, 11) is 0. The zero-order valence-corrected chi connectivity index (χ0v) is 15.3. The summed E-state index contributed by atoms with van der Waals surface area (Å²) in [6, 6.07) is 6.05. The van der Waals surface area contributed by atoms with Crippen LogP contribution >= 0.6 is 11.3 Å². The second-order valence-electron chi connectivity index (χ2n) is 6.25. The van der Waals surface area contributed by atoms with Crippen LogP contribution in [0.15, 0.2) is 29.6 Å². The first-order valence-electron chi connectivity index (χ1n) is 7.61. The number of aromatic nitrogens is 1. The maximum absolute atomic E-state index is 11.9. The van der Waals surface area contributed by atoms with E-state index in [1.54, 1.807) is 38.3 Å². The molecule has 0 saturated heterocycles. The first-order valence-corrected chi connectivity index (χ1v) is 8.49. The Morgan fingerprint density at radius 3 is 2.73 bits per heavy atom. The Labute approximate surface area is 153 Å². The van der Waals surface area contributed by atoms with E-state index in [9.17, 15) is 19.7 Å². The molecule has 1 aromatic heterocycles. The number of carbonyl (C=O) groups is 2. The lowest BCUT2D eigenvalue weighted by Gasteiger charge is -2.19. The van der Waals surface area contributed by atoms with Gasteiger partial charge in [0, 0.05) is 23.1 Å². The summed E-state index contributed by atoms with van der Waals surface area (Å²) in [5, 5.41) is 17.7. The molecule has 0 atom stereocenters. The normalized spacial score (nSPS) is 10.9. The minimum Gasteiger partial charge on any atom is -0.444 e. The van der Waals surface area contributed by atoms with Gasteiger partial charge in [-0.3, -0.25) is 14.9 Å². The van der Waals surface area contributed by atoms with Gasteiger partial charge in [0.2, 0.25) is 5.91 Å². The third-order valence-electron chi connectivity index (χ3n) is 2.90. The summed E-state index contributed by atoms with van der Waals surface area (Å²) in [6.45, 7) is 4.90. The van der Waals surface area contributed by atoms with Crippen LogP contribution in [0.4, 0.5) is 15.6 Å². The minimum atomic E-state index is -0.691. The highest BCUT2D eigenvalue weighted by Crippen LogP contribution is 2.27. The van der Waals surface area contributed by atoms with Crippen LogP contribution in [-0.4, -0.2) is 34.1 Å². The molecule has 0 radical (unpaired) electrons. The van der Waals surface area contributed by atoms with Gasteiger partial charge < -0.3 is 15.4 Å². The Morgan fingerprint density at radius 1 is 1.35 bits per heavy atom. The molecule has 0 unspecified atom stereocenters. The molecule has 2 amide bonds. The van der Waals surface area contributed by atoms with Crippen LogP contribution < -0.4 is 10.6 Å². The zero-order valence-electron chi connectivity index (χ0n) is 14.4. The fraction of sp³-hybridized carbons (Fsp3) is 0.312. The van der Waals surface area contributed by atoms with Gasteiger partial charge in [-0.2, -0.15) is 0 Å². The first kappa shape index (κ1) is 19.3. The molecule has 0 spiro atoms. The highest BCUT2D eigenvalue weighted by Gasteiger charge is 2.17. The first-order chi connectivity index (χ1) is 12.1. The summed E-state index contributed by atoms with van der Waals surface area (Å²) in [6.07, 6.45) is -0.691. The summed E-state index contributed by atoms with van der Waals surface area (Å²) < 4.78 is 5.03. The summed E-state index contributed by atoms with van der Waals surface area (Å²) in [5.41, 5.74) is 0.392. The average molecular weight is 378 g/mol. The summed E-state index contributed by atoms with van der Waals surface area (Å²) in [5.74, 6) is -0.462. The van der Waals surface area contributed by atoms with Crippen molar-refractivity contribution in [2.75, 3.05) is 11.9 Å². The lowest BCUT2D eigenvalue weighted by Crippen LogP contribution is -2.37. The zero-order chi connectivity index (χ0) is 19.3. The number of ether oxygens (including phenoxy) is 1. The minimum absolute atomic E-state index is 0.0392. The molecule has 1 heterocycles. The van der Waals surface area contributed by atoms with Crippen LogP contribution in [0.1, 0.15) is 20.8 Å². The van der Waals surface area contributed by atoms with Crippen LogP contribution in [-0.2, 0) is 9.53 Å². The molecule has 0 aliphatic heterocycles. The molecule has 10 heteroatoms. The van der Waals surface area contributed by atoms with Crippen molar-refractivity contribution in [2.45, 2.75) is 26.4 Å². The number of nitro benzene ring substituents is 1. The average Bonchev–Trinajstić information content (AvgIpc) is 3.00. The molecule has 2 N–H and O–H groups in total. The van der Waals surface area contributed by atoms with Gasteiger partial charge in [0.05, 0.1) is 10.6 Å². The SMILES string of the molecule is CC(C)(C)OC(=O)NCC(=O)Nc1nc(-c2cccc([N+](=O)[O-])c2)cs1. The van der Waals surface area contributed by atoms with Gasteiger partial charge in [-0.25, -0.2) is 9.78 Å². The monoisotopic (exact) mass is 378 g/mol. The fourth-order valence-electron chi connectivity index (χ4n) is 1.87. The van der Waals surface area contributed by atoms with Crippen LogP contribution in [0.2, 0.25) is 0 Å². The molecule has 0 aliphatic carbocycles. The Hall–Kier alpha value is -3.01. The quantitative estimate of drug-likeness (QED) is 0.608. The molecule has 1 aromatic carbocycles. The van der Waals surface area contributed by atoms with Gasteiger partial charge in [0.1, 0.15) is 12.1 Å². The van der Waals surface area contributed by atoms with Crippen LogP contribution in [0.25, 0.3) is 11.3 Å². The van der Waals surface area contributed by atoms with Gasteiger partial charge in [0.25, 0.3) is 5.69 Å². The molecule has 2 rings (SSSR count). The molecule has 2 aromatic rings. The van der Waals surface area contributed by atoms with Crippen molar-refractivity contribution < 1.29 is 19.2 Å². The van der Waals surface area contributed by atoms with E-state index in [0.29, 0.717) is 16.4 Å². The number of carbonyl (C=O) groups excluding carboxylic acids is 2. The molecule has 9 nitrogen and oxygen atoms in total. The molecule has 26 heavy (non-hydrogen) atoms. The third-order valence-corrected chi connectivity index (χ3v) is 3.65. The molecule has 0 saturated carbocycles. The summed E-state index contributed by atoms with van der Waals surface area (Å²) >= 11 is 1.17. The predicted molar refractivity (Wildman–Crippen MR) is 97.1 cm³/mol. The number of benzene rings is 1. The van der Waals surface area contributed by atoms with E-state index in [-0.39, 0.29) is 12.2 Å². The summed E-state index contributed by atoms with van der Waals surface area (Å²) in [4.78, 5) is 38.0. The highest BCUT2D eigenvalue weighted by atomic mass is 32.1. The van der Waals surface area contributed by atoms with Crippen molar-refractivity contribution in [1.29, 1.82) is 0 Å². The van der Waals surface area contributed by atoms with Gasteiger partial charge in [-0.1, -0.05) is 12.1 Å². The predicted octanol–water partition coefficient (Wildman–Crippen LogP) is 3.18. The number of alkyl carbamates (subject to hydrolysis) is 1. The van der Waals surface area contributed by atoms with Crippen molar-refractivity contribution in [3.63, 3.8) is 0 Å². The number of nitro groups is 1. The van der Waals surface area contributed by atoms with Crippen molar-refractivity contribution in [3.8, 4) is 11.3 Å². The third kappa shape index (κ3) is 5.81. The van der Waals surface area contributed by atoms with E-state index in [4.69, 9.17) is 4.74 Å². The molecular formula is C16H18N4O5S. The molecule has 138 valence electrons. The van der Waals surface area contributed by atoms with Crippen LogP contribution in [0.3, 0.4) is 0 Å². The van der Waals surface area contributed by atoms with E-state index < -0.39 is 22.5 Å². The van der Waals surface area contributed by atoms with E-state index in [1.165, 1.54) is 23.5 Å². The number of thiazole rings is 1. The van der Waals surface area contributed by atoms with E-state index in [0.717, 1.165) is 0 Å². The van der Waals surface area contributed by atoms with Crippen molar-refractivity contribution in [2.24, 2.45) is 0 Å². The number of nitrogens with one attached hydrogen (secondary N) is 2. The van der Waals surface area contributed by atoms with Crippen molar-refractivity contribution in [3.05, 3.63) is 39.8 Å². The number of hydrogen-bond donors (Lipinski definition) is 2. The van der Waals surface area contributed by atoms with Gasteiger partial charge in [-0.15, -0.1) is 11.3 Å². The standard InChI is InChI=1S/C16H18N4O5S/c1-16(2,3)25-15(22)17-8-13(21)19-14-18-12(9-26-14)10-5-4-6-11(7-10)20(23)24/h4-7,9H,8H2,1-3H3,(H,17,22)(H,18,19,21). The maximum atomic E-state index is 11.9. The van der Waals surface area contributed by atoms with Crippen molar-refractivity contribution >= 4 is 34.2 Å². The highest BCUT2D eigenvalue weighted by molar-refractivity contribution is 7.14. The second kappa shape index (κ2) is 7.91. The molecule has 0 bridgehead atoms. The Kier molecular flexibility index (Phi) is 5.88. The molecular weight excluding hydrogens is 360 g/mol. The number of non-ortho nitro benzene ring substituents is 1. The number of rotatable bonds is 5. The van der Waals surface area contributed by atoms with E-state index >= 15 is 0 Å². The van der Waals surface area contributed by atoms with Crippen molar-refractivity contribution in [1.82, 2.24) is 10.3 Å². The number of hydrogen-bond acceptors (Lipinski definition) is 7. The van der Waals surface area contributed by atoms with E-state index in [1.807, 2.05) is 0 Å². The van der Waals surface area contributed by atoms with Gasteiger partial charge >= 0.3 is 6.09 Å². The van der Waals surface area contributed by atoms with Gasteiger partial charge in [0.15, 0.2) is 5.13 Å². The number of amides is 2. The van der Waals surface area contributed by atoms with Crippen LogP contribution in [0, 0.1) is 10.1 Å². The Balaban J connectivity index is 1.94.